The van der Waals surface area contributed by atoms with Crippen molar-refractivity contribution in [2.45, 2.75) is 50.9 Å². The number of hydrogen-bond acceptors (Lipinski definition) is 6. The number of carboxylic acid groups (broad SMARTS) is 1. The molecule has 0 bridgehead atoms. The molecule has 2 N–H and O–H groups in total. The molecule has 0 aromatic rings. The van der Waals surface area contributed by atoms with E-state index in [2.05, 4.69) is 10.1 Å². The summed E-state index contributed by atoms with van der Waals surface area (Å²) in [5, 5.41) is 11.0. The zero-order chi connectivity index (χ0) is 16.3. The first kappa shape index (κ1) is 17.2. The lowest BCUT2D eigenvalue weighted by Crippen LogP contribution is -2.65. The second-order valence-electron chi connectivity index (χ2n) is 5.94. The summed E-state index contributed by atoms with van der Waals surface area (Å²) in [7, 11) is 1.21. The third kappa shape index (κ3) is 4.89. The molecule has 0 atom stereocenters. The first-order valence-corrected chi connectivity index (χ1v) is 6.51. The van der Waals surface area contributed by atoms with Crippen LogP contribution in [0.5, 0.6) is 0 Å². The van der Waals surface area contributed by atoms with Crippen LogP contribution in [0.3, 0.4) is 0 Å². The third-order valence-corrected chi connectivity index (χ3v) is 2.91. The van der Waals surface area contributed by atoms with Gasteiger partial charge >= 0.3 is 18.0 Å². The van der Waals surface area contributed by atoms with Crippen molar-refractivity contribution in [2.24, 2.45) is 0 Å². The van der Waals surface area contributed by atoms with Gasteiger partial charge in [0.1, 0.15) is 17.7 Å². The number of amides is 1. The quantitative estimate of drug-likeness (QED) is 0.718. The van der Waals surface area contributed by atoms with Crippen LogP contribution < -0.4 is 5.32 Å². The van der Waals surface area contributed by atoms with Crippen LogP contribution in [0.1, 0.15) is 33.6 Å². The summed E-state index contributed by atoms with van der Waals surface area (Å²) >= 11 is 0. The maximum Gasteiger partial charge on any atom is 0.408 e. The van der Waals surface area contributed by atoms with Gasteiger partial charge < -0.3 is 24.6 Å². The average molecular weight is 303 g/mol. The Balaban J connectivity index is 2.61. The number of carbonyl (C=O) groups is 3. The normalized spacial score (nSPS) is 24.7. The van der Waals surface area contributed by atoms with Crippen LogP contribution in [0, 0.1) is 0 Å². The summed E-state index contributed by atoms with van der Waals surface area (Å²) in [5.41, 5.74) is -1.91. The number of carboxylic acids is 1. The van der Waals surface area contributed by atoms with Gasteiger partial charge in [-0.25, -0.2) is 14.4 Å². The van der Waals surface area contributed by atoms with Crippen LogP contribution in [-0.4, -0.2) is 54.1 Å². The van der Waals surface area contributed by atoms with Crippen molar-refractivity contribution in [1.82, 2.24) is 5.32 Å². The minimum atomic E-state index is -1.22. The monoisotopic (exact) mass is 303 g/mol. The number of aliphatic carboxylic acids is 1. The standard InChI is InChI=1S/C13H21NO7/c1-12(2,3)21-11(18)14-13(10(17)19-4)5-8(6-13)20-7-9(15)16/h8H,5-7H2,1-4H3,(H,14,18)(H,15,16). The predicted molar refractivity (Wildman–Crippen MR) is 70.7 cm³/mol. The summed E-state index contributed by atoms with van der Waals surface area (Å²) in [4.78, 5) is 34.0. The van der Waals surface area contributed by atoms with Gasteiger partial charge in [0.25, 0.3) is 0 Å². The minimum absolute atomic E-state index is 0.145. The Kier molecular flexibility index (Phi) is 5.16. The maximum atomic E-state index is 11.8. The molecule has 0 aromatic heterocycles. The van der Waals surface area contributed by atoms with Crippen molar-refractivity contribution in [3.05, 3.63) is 0 Å². The Labute approximate surface area is 122 Å². The predicted octanol–water partition coefficient (Wildman–Crippen LogP) is 0.686. The second-order valence-corrected chi connectivity index (χ2v) is 5.94. The number of esters is 1. The molecule has 0 heterocycles. The molecule has 0 spiro atoms. The van der Waals surface area contributed by atoms with Gasteiger partial charge in [0.15, 0.2) is 0 Å². The van der Waals surface area contributed by atoms with Crippen LogP contribution in [0.4, 0.5) is 4.79 Å². The van der Waals surface area contributed by atoms with Gasteiger partial charge in [-0.3, -0.25) is 0 Å². The molecule has 0 unspecified atom stereocenters. The van der Waals surface area contributed by atoms with Gasteiger partial charge in [0, 0.05) is 12.8 Å². The molecule has 0 aromatic carbocycles. The van der Waals surface area contributed by atoms with Crippen molar-refractivity contribution in [2.75, 3.05) is 13.7 Å². The van der Waals surface area contributed by atoms with Gasteiger partial charge in [-0.05, 0) is 20.8 Å². The lowest BCUT2D eigenvalue weighted by atomic mass is 9.74. The topological polar surface area (TPSA) is 111 Å². The van der Waals surface area contributed by atoms with Crippen molar-refractivity contribution in [3.63, 3.8) is 0 Å². The van der Waals surface area contributed by atoms with Crippen molar-refractivity contribution < 1.29 is 33.7 Å². The largest absolute Gasteiger partial charge is 0.480 e. The molecule has 1 aliphatic rings. The van der Waals surface area contributed by atoms with Crippen molar-refractivity contribution in [3.8, 4) is 0 Å². The Morgan fingerprint density at radius 1 is 1.29 bits per heavy atom. The molecule has 1 fully saturated rings. The highest BCUT2D eigenvalue weighted by molar-refractivity contribution is 5.87. The van der Waals surface area contributed by atoms with Crippen LogP contribution in [0.25, 0.3) is 0 Å². The third-order valence-electron chi connectivity index (χ3n) is 2.91. The number of hydrogen-bond donors (Lipinski definition) is 2. The Hall–Kier alpha value is -1.83. The molecular weight excluding hydrogens is 282 g/mol. The van der Waals surface area contributed by atoms with E-state index in [0.717, 1.165) is 0 Å². The average Bonchev–Trinajstić information content (AvgIpc) is 2.28. The van der Waals surface area contributed by atoms with Crippen LogP contribution in [0.15, 0.2) is 0 Å². The summed E-state index contributed by atoms with van der Waals surface area (Å²) in [5.74, 6) is -1.70. The SMILES string of the molecule is COC(=O)C1(NC(=O)OC(C)(C)C)CC(OCC(=O)O)C1. The van der Waals surface area contributed by atoms with Gasteiger partial charge in [0.2, 0.25) is 0 Å². The molecule has 8 heteroatoms. The molecule has 0 radical (unpaired) electrons. The lowest BCUT2D eigenvalue weighted by Gasteiger charge is -2.44. The maximum absolute atomic E-state index is 11.8. The van der Waals surface area contributed by atoms with Gasteiger partial charge in [-0.1, -0.05) is 0 Å². The fourth-order valence-corrected chi connectivity index (χ4v) is 2.04. The molecule has 120 valence electrons. The molecule has 0 aliphatic heterocycles. The van der Waals surface area contributed by atoms with E-state index >= 15 is 0 Å². The van der Waals surface area contributed by atoms with E-state index < -0.39 is 41.9 Å². The fourth-order valence-electron chi connectivity index (χ4n) is 2.04. The van der Waals surface area contributed by atoms with E-state index in [9.17, 15) is 14.4 Å². The molecule has 8 nitrogen and oxygen atoms in total. The molecule has 1 aliphatic carbocycles. The first-order valence-electron chi connectivity index (χ1n) is 6.51. The Morgan fingerprint density at radius 2 is 1.86 bits per heavy atom. The summed E-state index contributed by atoms with van der Waals surface area (Å²) in [6.45, 7) is 4.67. The molecular formula is C13H21NO7. The minimum Gasteiger partial charge on any atom is -0.480 e. The van der Waals surface area contributed by atoms with E-state index in [1.54, 1.807) is 20.8 Å². The number of ether oxygens (including phenoxy) is 3. The molecule has 0 saturated heterocycles. The molecule has 1 rings (SSSR count). The number of alkyl carbamates (subject to hydrolysis) is 1. The van der Waals surface area contributed by atoms with Crippen LogP contribution in [-0.2, 0) is 23.8 Å². The lowest BCUT2D eigenvalue weighted by molar-refractivity contribution is -0.164. The highest BCUT2D eigenvalue weighted by atomic mass is 16.6. The van der Waals surface area contributed by atoms with E-state index in [4.69, 9.17) is 14.6 Å². The van der Waals surface area contributed by atoms with Gasteiger partial charge in [-0.15, -0.1) is 0 Å². The summed E-state index contributed by atoms with van der Waals surface area (Å²) in [6, 6.07) is 0. The Bertz CT molecular complexity index is 421. The molecule has 1 saturated carbocycles. The molecule has 1 amide bonds. The van der Waals surface area contributed by atoms with E-state index in [1.165, 1.54) is 7.11 Å². The van der Waals surface area contributed by atoms with E-state index in [1.807, 2.05) is 0 Å². The fraction of sp³-hybridized carbons (Fsp3) is 0.769. The van der Waals surface area contributed by atoms with Crippen LogP contribution >= 0.6 is 0 Å². The zero-order valence-corrected chi connectivity index (χ0v) is 12.6. The van der Waals surface area contributed by atoms with Gasteiger partial charge in [-0.2, -0.15) is 0 Å². The van der Waals surface area contributed by atoms with E-state index in [0.29, 0.717) is 0 Å². The number of rotatable bonds is 5. The first-order chi connectivity index (χ1) is 9.58. The van der Waals surface area contributed by atoms with Crippen molar-refractivity contribution >= 4 is 18.0 Å². The summed E-state index contributed by atoms with van der Waals surface area (Å²) in [6.07, 6.45) is -0.863. The zero-order valence-electron chi connectivity index (χ0n) is 12.6. The smallest absolute Gasteiger partial charge is 0.408 e. The van der Waals surface area contributed by atoms with Crippen LogP contribution in [0.2, 0.25) is 0 Å². The number of carbonyl (C=O) groups excluding carboxylic acids is 2. The highest BCUT2D eigenvalue weighted by Gasteiger charge is 2.53. The van der Waals surface area contributed by atoms with Crippen molar-refractivity contribution in [1.29, 1.82) is 0 Å². The molecule has 21 heavy (non-hydrogen) atoms. The van der Waals surface area contributed by atoms with E-state index in [-0.39, 0.29) is 12.8 Å². The number of nitrogens with one attached hydrogen (secondary N) is 1. The second kappa shape index (κ2) is 6.30. The Morgan fingerprint density at radius 3 is 2.29 bits per heavy atom. The number of methoxy groups -OCH3 is 1. The summed E-state index contributed by atoms with van der Waals surface area (Å²) < 4.78 is 14.9. The van der Waals surface area contributed by atoms with Gasteiger partial charge in [0.05, 0.1) is 13.2 Å². The highest BCUT2D eigenvalue weighted by Crippen LogP contribution is 2.36.